The van der Waals surface area contributed by atoms with Crippen molar-refractivity contribution in [3.05, 3.63) is 6.20 Å². The molecule has 1 aliphatic carbocycles. The van der Waals surface area contributed by atoms with Gasteiger partial charge in [-0.05, 0) is 25.7 Å². The SMILES string of the molecule is CC(=O)N1CCC(N(C(=O)Nc2ncc(SCCN3CCOCC3)s2)C2CCCCC2)CC1. The van der Waals surface area contributed by atoms with Crippen LogP contribution in [0, 0.1) is 0 Å². The topological polar surface area (TPSA) is 78.0 Å². The smallest absolute Gasteiger partial charge is 0.324 e. The molecule has 4 rings (SSSR count). The first-order chi connectivity index (χ1) is 16.1. The second kappa shape index (κ2) is 12.4. The lowest BCUT2D eigenvalue weighted by Gasteiger charge is -2.43. The van der Waals surface area contributed by atoms with Crippen LogP contribution in [0.3, 0.4) is 0 Å². The van der Waals surface area contributed by atoms with Gasteiger partial charge in [-0.2, -0.15) is 0 Å². The van der Waals surface area contributed by atoms with Crippen molar-refractivity contribution in [1.29, 1.82) is 0 Å². The first-order valence-electron chi connectivity index (χ1n) is 12.3. The molecule has 0 atom stereocenters. The van der Waals surface area contributed by atoms with E-state index in [-0.39, 0.29) is 24.0 Å². The molecule has 1 aromatic rings. The lowest BCUT2D eigenvalue weighted by atomic mass is 9.91. The minimum absolute atomic E-state index is 0.0256. The van der Waals surface area contributed by atoms with Crippen molar-refractivity contribution in [3.8, 4) is 0 Å². The average molecular weight is 496 g/mol. The molecule has 8 nitrogen and oxygen atoms in total. The Bertz CT molecular complexity index is 772. The summed E-state index contributed by atoms with van der Waals surface area (Å²) < 4.78 is 6.55. The lowest BCUT2D eigenvalue weighted by molar-refractivity contribution is -0.130. The van der Waals surface area contributed by atoms with Gasteiger partial charge in [-0.15, -0.1) is 11.8 Å². The van der Waals surface area contributed by atoms with Crippen molar-refractivity contribution in [2.45, 2.75) is 68.2 Å². The van der Waals surface area contributed by atoms with Gasteiger partial charge in [0.1, 0.15) is 0 Å². The molecule has 1 N–H and O–H groups in total. The van der Waals surface area contributed by atoms with Crippen molar-refractivity contribution in [3.63, 3.8) is 0 Å². The van der Waals surface area contributed by atoms with E-state index in [1.165, 1.54) is 19.3 Å². The maximum atomic E-state index is 13.4. The normalized spacial score (nSPS) is 21.2. The molecule has 33 heavy (non-hydrogen) atoms. The Hall–Kier alpha value is -1.36. The highest BCUT2D eigenvalue weighted by Crippen LogP contribution is 2.31. The van der Waals surface area contributed by atoms with Gasteiger partial charge in [0.2, 0.25) is 5.91 Å². The molecular weight excluding hydrogens is 458 g/mol. The van der Waals surface area contributed by atoms with Gasteiger partial charge in [0.15, 0.2) is 5.13 Å². The van der Waals surface area contributed by atoms with E-state index >= 15 is 0 Å². The van der Waals surface area contributed by atoms with E-state index in [1.54, 1.807) is 30.0 Å². The Labute approximate surface area is 205 Å². The van der Waals surface area contributed by atoms with Crippen LogP contribution in [0.25, 0.3) is 0 Å². The van der Waals surface area contributed by atoms with Gasteiger partial charge in [-0.1, -0.05) is 30.6 Å². The molecule has 3 heterocycles. The third-order valence-corrected chi connectivity index (χ3v) is 9.05. The maximum absolute atomic E-state index is 13.4. The molecule has 0 bridgehead atoms. The molecule has 3 fully saturated rings. The number of thioether (sulfide) groups is 1. The molecule has 10 heteroatoms. The number of carbonyl (C=O) groups excluding carboxylic acids is 2. The maximum Gasteiger partial charge on any atom is 0.324 e. The highest BCUT2D eigenvalue weighted by molar-refractivity contribution is 8.01. The van der Waals surface area contributed by atoms with Crippen molar-refractivity contribution >= 4 is 40.2 Å². The minimum atomic E-state index is -0.0256. The van der Waals surface area contributed by atoms with Gasteiger partial charge in [-0.25, -0.2) is 9.78 Å². The molecule has 3 amide bonds. The van der Waals surface area contributed by atoms with Crippen LogP contribution < -0.4 is 5.32 Å². The molecule has 2 saturated heterocycles. The number of hydrogen-bond donors (Lipinski definition) is 1. The van der Waals surface area contributed by atoms with E-state index in [2.05, 4.69) is 20.1 Å². The number of hydrogen-bond acceptors (Lipinski definition) is 7. The van der Waals surface area contributed by atoms with Crippen LogP contribution >= 0.6 is 23.1 Å². The predicted octanol–water partition coefficient (Wildman–Crippen LogP) is 3.74. The molecular formula is C23H37N5O3S2. The molecule has 0 spiro atoms. The first kappa shape index (κ1) is 24.8. The summed E-state index contributed by atoms with van der Waals surface area (Å²) in [6, 6.07) is 0.448. The minimum Gasteiger partial charge on any atom is -0.379 e. The zero-order chi connectivity index (χ0) is 23.0. The summed E-state index contributed by atoms with van der Waals surface area (Å²) in [5, 5.41) is 3.78. The standard InChI is InChI=1S/C23H37N5O3S2/c1-18(29)27-9-7-20(8-10-27)28(19-5-3-2-4-6-19)23(30)25-22-24-17-21(33-22)32-16-13-26-11-14-31-15-12-26/h17,19-20H,2-16H2,1H3,(H,24,25,30). The Balaban J connectivity index is 1.32. The van der Waals surface area contributed by atoms with E-state index in [1.807, 2.05) is 11.1 Å². The summed E-state index contributed by atoms with van der Waals surface area (Å²) >= 11 is 3.36. The van der Waals surface area contributed by atoms with Crippen LogP contribution in [0.1, 0.15) is 51.9 Å². The Morgan fingerprint density at radius 1 is 1.12 bits per heavy atom. The third kappa shape index (κ3) is 7.07. The van der Waals surface area contributed by atoms with Crippen LogP contribution in [-0.2, 0) is 9.53 Å². The Morgan fingerprint density at radius 3 is 2.52 bits per heavy atom. The fourth-order valence-electron chi connectivity index (χ4n) is 5.09. The second-order valence-corrected chi connectivity index (χ2v) is 11.6. The molecule has 3 aliphatic rings. The first-order valence-corrected chi connectivity index (χ1v) is 14.1. The summed E-state index contributed by atoms with van der Waals surface area (Å²) in [6.07, 6.45) is 9.34. The van der Waals surface area contributed by atoms with Gasteiger partial charge in [0, 0.05) is 57.5 Å². The number of rotatable bonds is 7. The molecule has 184 valence electrons. The lowest BCUT2D eigenvalue weighted by Crippen LogP contribution is -2.54. The number of likely N-dealkylation sites (tertiary alicyclic amines) is 1. The number of thiazole rings is 1. The van der Waals surface area contributed by atoms with E-state index in [9.17, 15) is 9.59 Å². The Morgan fingerprint density at radius 2 is 1.82 bits per heavy atom. The molecule has 1 aromatic heterocycles. The Kier molecular flexibility index (Phi) is 9.28. The molecule has 0 radical (unpaired) electrons. The number of nitrogens with one attached hydrogen (secondary N) is 1. The summed E-state index contributed by atoms with van der Waals surface area (Å²) in [4.78, 5) is 36.1. The number of aromatic nitrogens is 1. The summed E-state index contributed by atoms with van der Waals surface area (Å²) in [5.41, 5.74) is 0. The highest BCUT2D eigenvalue weighted by Gasteiger charge is 2.34. The highest BCUT2D eigenvalue weighted by atomic mass is 32.2. The van der Waals surface area contributed by atoms with Gasteiger partial charge < -0.3 is 14.5 Å². The zero-order valence-electron chi connectivity index (χ0n) is 19.7. The van der Waals surface area contributed by atoms with Crippen molar-refractivity contribution < 1.29 is 14.3 Å². The van der Waals surface area contributed by atoms with Gasteiger partial charge in [0.25, 0.3) is 0 Å². The summed E-state index contributed by atoms with van der Waals surface area (Å²) in [7, 11) is 0. The fraction of sp³-hybridized carbons (Fsp3) is 0.783. The molecule has 0 unspecified atom stereocenters. The number of morpholine rings is 1. The number of carbonyl (C=O) groups is 2. The van der Waals surface area contributed by atoms with Crippen molar-refractivity contribution in [2.75, 3.05) is 57.0 Å². The zero-order valence-corrected chi connectivity index (χ0v) is 21.3. The molecule has 1 saturated carbocycles. The number of urea groups is 1. The number of anilines is 1. The predicted molar refractivity (Wildman–Crippen MR) is 133 cm³/mol. The fourth-order valence-corrected chi connectivity index (χ4v) is 7.03. The molecule has 2 aliphatic heterocycles. The van der Waals surface area contributed by atoms with E-state index in [4.69, 9.17) is 4.74 Å². The number of amides is 3. The van der Waals surface area contributed by atoms with Crippen LogP contribution in [-0.4, -0.2) is 95.4 Å². The number of piperidine rings is 1. The summed E-state index contributed by atoms with van der Waals surface area (Å²) in [5.74, 6) is 1.14. The molecule has 0 aromatic carbocycles. The number of nitrogens with zero attached hydrogens (tertiary/aromatic N) is 4. The quantitative estimate of drug-likeness (QED) is 0.581. The van der Waals surface area contributed by atoms with Gasteiger partial charge in [0.05, 0.1) is 23.6 Å². The van der Waals surface area contributed by atoms with Gasteiger partial charge in [-0.3, -0.25) is 15.0 Å². The van der Waals surface area contributed by atoms with Crippen molar-refractivity contribution in [2.24, 2.45) is 0 Å². The van der Waals surface area contributed by atoms with E-state index in [0.29, 0.717) is 5.13 Å². The van der Waals surface area contributed by atoms with Crippen LogP contribution in [0.4, 0.5) is 9.93 Å². The van der Waals surface area contributed by atoms with Crippen LogP contribution in [0.5, 0.6) is 0 Å². The third-order valence-electron chi connectivity index (χ3n) is 6.96. The van der Waals surface area contributed by atoms with Gasteiger partial charge >= 0.3 is 6.03 Å². The van der Waals surface area contributed by atoms with Crippen LogP contribution in [0.15, 0.2) is 10.4 Å². The average Bonchev–Trinajstić information content (AvgIpc) is 3.28. The second-order valence-electron chi connectivity index (χ2n) is 9.15. The number of ether oxygens (including phenoxy) is 1. The van der Waals surface area contributed by atoms with E-state index in [0.717, 1.165) is 81.6 Å². The van der Waals surface area contributed by atoms with E-state index < -0.39 is 0 Å². The monoisotopic (exact) mass is 495 g/mol. The largest absolute Gasteiger partial charge is 0.379 e. The van der Waals surface area contributed by atoms with Crippen LogP contribution in [0.2, 0.25) is 0 Å². The summed E-state index contributed by atoms with van der Waals surface area (Å²) in [6.45, 7) is 7.81. The van der Waals surface area contributed by atoms with Crippen molar-refractivity contribution in [1.82, 2.24) is 19.7 Å².